The molecule has 7 heteroatoms. The number of alkyl halides is 4. The molecular formula is C11H10BrF3O2S. The van der Waals surface area contributed by atoms with E-state index in [-0.39, 0.29) is 16.4 Å². The summed E-state index contributed by atoms with van der Waals surface area (Å²) in [5.41, 5.74) is 0.383. The third-order valence-corrected chi connectivity index (χ3v) is 3.19. The number of halogens is 4. The summed E-state index contributed by atoms with van der Waals surface area (Å²) in [4.78, 5) is 11.9. The van der Waals surface area contributed by atoms with Crippen LogP contribution < -0.4 is 4.74 Å². The molecule has 0 spiro atoms. The Bertz CT molecular complexity index is 435. The highest BCUT2D eigenvalue weighted by molar-refractivity contribution is 9.09. The zero-order valence-electron chi connectivity index (χ0n) is 9.38. The van der Waals surface area contributed by atoms with Crippen LogP contribution in [0.4, 0.5) is 13.2 Å². The monoisotopic (exact) mass is 342 g/mol. The Morgan fingerprint density at radius 1 is 1.44 bits per heavy atom. The fraction of sp³-hybridized carbons (Fsp3) is 0.364. The molecule has 0 saturated heterocycles. The summed E-state index contributed by atoms with van der Waals surface area (Å²) in [5, 5.41) is 0.515. The first-order chi connectivity index (χ1) is 8.37. The Morgan fingerprint density at radius 2 is 2.11 bits per heavy atom. The Labute approximate surface area is 115 Å². The zero-order valence-corrected chi connectivity index (χ0v) is 11.8. The SMILES string of the molecule is CSc1cc(C(=O)CCBr)ccc1OC(F)(F)F. The van der Waals surface area contributed by atoms with Crippen LogP contribution in [0.1, 0.15) is 16.8 Å². The van der Waals surface area contributed by atoms with E-state index in [0.717, 1.165) is 11.8 Å². The maximum absolute atomic E-state index is 12.1. The van der Waals surface area contributed by atoms with Crippen molar-refractivity contribution >= 4 is 33.5 Å². The Balaban J connectivity index is 3.00. The van der Waals surface area contributed by atoms with Crippen LogP contribution in [0.5, 0.6) is 5.75 Å². The van der Waals surface area contributed by atoms with Gasteiger partial charge in [-0.15, -0.1) is 24.9 Å². The van der Waals surface area contributed by atoms with E-state index in [0.29, 0.717) is 17.3 Å². The number of carbonyl (C=O) groups is 1. The van der Waals surface area contributed by atoms with Crippen molar-refractivity contribution in [2.75, 3.05) is 11.6 Å². The topological polar surface area (TPSA) is 26.3 Å². The van der Waals surface area contributed by atoms with Gasteiger partial charge < -0.3 is 4.74 Å². The van der Waals surface area contributed by atoms with Gasteiger partial charge in [-0.1, -0.05) is 15.9 Å². The van der Waals surface area contributed by atoms with Crippen molar-refractivity contribution in [3.05, 3.63) is 23.8 Å². The van der Waals surface area contributed by atoms with Gasteiger partial charge in [0.15, 0.2) is 5.78 Å². The number of Topliss-reactive ketones (excluding diaryl/α,β-unsaturated/α-hetero) is 1. The third-order valence-electron chi connectivity index (χ3n) is 2.03. The lowest BCUT2D eigenvalue weighted by atomic mass is 10.1. The predicted molar refractivity (Wildman–Crippen MR) is 67.6 cm³/mol. The van der Waals surface area contributed by atoms with E-state index in [4.69, 9.17) is 0 Å². The highest BCUT2D eigenvalue weighted by Gasteiger charge is 2.32. The van der Waals surface area contributed by atoms with Gasteiger partial charge in [-0.25, -0.2) is 0 Å². The number of benzene rings is 1. The molecule has 0 radical (unpaired) electrons. The van der Waals surface area contributed by atoms with Crippen molar-refractivity contribution in [1.29, 1.82) is 0 Å². The molecule has 1 aromatic rings. The van der Waals surface area contributed by atoms with Crippen molar-refractivity contribution in [1.82, 2.24) is 0 Å². The van der Waals surface area contributed by atoms with E-state index in [1.54, 1.807) is 6.26 Å². The van der Waals surface area contributed by atoms with Crippen LogP contribution in [0.3, 0.4) is 0 Å². The smallest absolute Gasteiger partial charge is 0.405 e. The first kappa shape index (κ1) is 15.4. The van der Waals surface area contributed by atoms with Crippen LogP contribution in [0.2, 0.25) is 0 Å². The first-order valence-corrected chi connectivity index (χ1v) is 7.25. The fourth-order valence-electron chi connectivity index (χ4n) is 1.28. The molecule has 1 rings (SSSR count). The van der Waals surface area contributed by atoms with Gasteiger partial charge in [0.25, 0.3) is 0 Å². The average molecular weight is 343 g/mol. The second-order valence-electron chi connectivity index (χ2n) is 3.28. The summed E-state index contributed by atoms with van der Waals surface area (Å²) in [6.07, 6.45) is -2.81. The number of carbonyl (C=O) groups excluding carboxylic acids is 1. The molecule has 0 heterocycles. The molecule has 1 aromatic carbocycles. The van der Waals surface area contributed by atoms with Crippen LogP contribution in [-0.2, 0) is 0 Å². The minimum absolute atomic E-state index is 0.124. The van der Waals surface area contributed by atoms with E-state index in [1.165, 1.54) is 18.2 Å². The Morgan fingerprint density at radius 3 is 2.61 bits per heavy atom. The standard InChI is InChI=1S/C11H10BrF3O2S/c1-18-10-6-7(8(16)4-5-12)2-3-9(10)17-11(13,14)15/h2-3,6H,4-5H2,1H3. The lowest BCUT2D eigenvalue weighted by Gasteiger charge is -2.12. The summed E-state index contributed by atoms with van der Waals surface area (Å²) in [5.74, 6) is -0.411. The van der Waals surface area contributed by atoms with Crippen molar-refractivity contribution in [3.8, 4) is 5.75 Å². The molecule has 0 bridgehead atoms. The van der Waals surface area contributed by atoms with E-state index >= 15 is 0 Å². The quantitative estimate of drug-likeness (QED) is 0.454. The van der Waals surface area contributed by atoms with Crippen LogP contribution in [0, 0.1) is 0 Å². The lowest BCUT2D eigenvalue weighted by molar-refractivity contribution is -0.275. The number of hydrogen-bond acceptors (Lipinski definition) is 3. The maximum Gasteiger partial charge on any atom is 0.573 e. The number of hydrogen-bond donors (Lipinski definition) is 0. The second kappa shape index (κ2) is 6.47. The second-order valence-corrected chi connectivity index (χ2v) is 4.92. The van der Waals surface area contributed by atoms with Crippen LogP contribution in [0.25, 0.3) is 0 Å². The van der Waals surface area contributed by atoms with E-state index < -0.39 is 6.36 Å². The van der Waals surface area contributed by atoms with Crippen LogP contribution in [0.15, 0.2) is 23.1 Å². The van der Waals surface area contributed by atoms with E-state index in [9.17, 15) is 18.0 Å². The molecular weight excluding hydrogens is 333 g/mol. The number of ketones is 1. The summed E-state index contributed by atoms with van der Waals surface area (Å²) >= 11 is 4.23. The predicted octanol–water partition coefficient (Wildman–Crippen LogP) is 4.27. The molecule has 0 aliphatic rings. The highest BCUT2D eigenvalue weighted by atomic mass is 79.9. The molecule has 0 atom stereocenters. The van der Waals surface area contributed by atoms with Gasteiger partial charge in [-0.2, -0.15) is 0 Å². The minimum Gasteiger partial charge on any atom is -0.405 e. The zero-order chi connectivity index (χ0) is 13.8. The molecule has 0 aliphatic carbocycles. The van der Waals surface area contributed by atoms with Crippen LogP contribution in [-0.4, -0.2) is 23.7 Å². The minimum atomic E-state index is -4.73. The number of rotatable bonds is 5. The van der Waals surface area contributed by atoms with Crippen molar-refractivity contribution in [3.63, 3.8) is 0 Å². The number of thioether (sulfide) groups is 1. The maximum atomic E-state index is 12.1. The van der Waals surface area contributed by atoms with E-state index in [2.05, 4.69) is 20.7 Å². The molecule has 0 saturated carbocycles. The summed E-state index contributed by atoms with van der Waals surface area (Å²) < 4.78 is 40.3. The molecule has 0 amide bonds. The van der Waals surface area contributed by atoms with E-state index in [1.807, 2.05) is 0 Å². The van der Waals surface area contributed by atoms with Crippen molar-refractivity contribution < 1.29 is 22.7 Å². The normalized spacial score (nSPS) is 11.4. The van der Waals surface area contributed by atoms with Crippen LogP contribution >= 0.6 is 27.7 Å². The van der Waals surface area contributed by atoms with Gasteiger partial charge in [-0.05, 0) is 24.5 Å². The van der Waals surface area contributed by atoms with Crippen molar-refractivity contribution in [2.24, 2.45) is 0 Å². The van der Waals surface area contributed by atoms with Gasteiger partial charge in [0, 0.05) is 17.3 Å². The van der Waals surface area contributed by atoms with Gasteiger partial charge in [-0.3, -0.25) is 4.79 Å². The fourth-order valence-corrected chi connectivity index (χ4v) is 2.20. The van der Waals surface area contributed by atoms with Gasteiger partial charge in [0.2, 0.25) is 0 Å². The van der Waals surface area contributed by atoms with Gasteiger partial charge in [0.1, 0.15) is 5.75 Å². The first-order valence-electron chi connectivity index (χ1n) is 4.90. The third kappa shape index (κ3) is 4.53. The average Bonchev–Trinajstić information content (AvgIpc) is 2.27. The largest absolute Gasteiger partial charge is 0.573 e. The molecule has 0 fully saturated rings. The molecule has 0 unspecified atom stereocenters. The molecule has 18 heavy (non-hydrogen) atoms. The molecule has 100 valence electrons. The van der Waals surface area contributed by atoms with Gasteiger partial charge in [0.05, 0.1) is 4.90 Å². The summed E-state index contributed by atoms with van der Waals surface area (Å²) in [6, 6.07) is 3.92. The molecule has 0 N–H and O–H groups in total. The highest BCUT2D eigenvalue weighted by Crippen LogP contribution is 2.33. The lowest BCUT2D eigenvalue weighted by Crippen LogP contribution is -2.17. The summed E-state index contributed by atoms with van der Waals surface area (Å²) in [6.45, 7) is 0. The molecule has 0 aliphatic heterocycles. The Kier molecular flexibility index (Phi) is 5.52. The van der Waals surface area contributed by atoms with Gasteiger partial charge >= 0.3 is 6.36 Å². The molecule has 2 nitrogen and oxygen atoms in total. The number of ether oxygens (including phenoxy) is 1. The molecule has 0 aromatic heterocycles. The Hall–Kier alpha value is -0.690. The van der Waals surface area contributed by atoms with Crippen molar-refractivity contribution in [2.45, 2.75) is 17.7 Å². The summed E-state index contributed by atoms with van der Waals surface area (Å²) in [7, 11) is 0.